The minimum Gasteiger partial charge on any atom is -0.477 e. The number of carboxylic acids is 1. The molecule has 1 N–H and O–H groups in total. The summed E-state index contributed by atoms with van der Waals surface area (Å²) in [6.07, 6.45) is 0. The van der Waals surface area contributed by atoms with E-state index in [0.717, 1.165) is 0 Å². The van der Waals surface area contributed by atoms with Crippen LogP contribution >= 0.6 is 0 Å². The van der Waals surface area contributed by atoms with Crippen molar-refractivity contribution in [2.75, 3.05) is 0 Å². The van der Waals surface area contributed by atoms with Crippen molar-refractivity contribution in [2.45, 2.75) is 26.3 Å². The van der Waals surface area contributed by atoms with Gasteiger partial charge in [-0.25, -0.2) is 4.79 Å². The van der Waals surface area contributed by atoms with Crippen LogP contribution in [0.5, 0.6) is 0 Å². The van der Waals surface area contributed by atoms with Crippen molar-refractivity contribution >= 4 is 5.97 Å². The highest BCUT2D eigenvalue weighted by atomic mass is 16.4. The Morgan fingerprint density at radius 2 is 2.19 bits per heavy atom. The fraction of sp³-hybridized carbons (Fsp3) is 0.364. The molecule has 1 rings (SSSR count). The molecule has 0 bridgehead atoms. The molecule has 0 spiro atoms. The Labute approximate surface area is 92.6 Å². The minimum atomic E-state index is -1.27. The van der Waals surface area contributed by atoms with E-state index in [1.54, 1.807) is 6.07 Å². The maximum absolute atomic E-state index is 11.8. The number of rotatable bonds is 3. The molecule has 0 aromatic carbocycles. The summed E-state index contributed by atoms with van der Waals surface area (Å²) in [6, 6.07) is 4.72. The van der Waals surface area contributed by atoms with Crippen molar-refractivity contribution in [1.29, 1.82) is 5.26 Å². The van der Waals surface area contributed by atoms with Crippen LogP contribution in [0.25, 0.3) is 0 Å². The smallest absolute Gasteiger partial charge is 0.341 e. The summed E-state index contributed by atoms with van der Waals surface area (Å²) < 4.78 is 1.20. The van der Waals surface area contributed by atoms with E-state index in [4.69, 9.17) is 10.4 Å². The van der Waals surface area contributed by atoms with Gasteiger partial charge in [-0.15, -0.1) is 0 Å². The zero-order chi connectivity index (χ0) is 12.3. The van der Waals surface area contributed by atoms with E-state index >= 15 is 0 Å². The first kappa shape index (κ1) is 12.0. The summed E-state index contributed by atoms with van der Waals surface area (Å²) in [6.45, 7) is 3.62. The average molecular weight is 220 g/mol. The number of nitriles is 1. The summed E-state index contributed by atoms with van der Waals surface area (Å²) >= 11 is 0. The maximum Gasteiger partial charge on any atom is 0.341 e. The van der Waals surface area contributed by atoms with Crippen molar-refractivity contribution in [2.24, 2.45) is 0 Å². The number of pyridine rings is 1. The highest BCUT2D eigenvalue weighted by Gasteiger charge is 2.15. The molecule has 0 unspecified atom stereocenters. The van der Waals surface area contributed by atoms with Crippen LogP contribution in [0.4, 0.5) is 0 Å². The Kier molecular flexibility index (Phi) is 3.46. The SMILES string of the molecule is CC(C)c1ccc(C(=O)O)c(=O)n1CC#N. The summed E-state index contributed by atoms with van der Waals surface area (Å²) in [5.74, 6) is -1.21. The number of aromatic carboxylic acids is 1. The third-order valence-electron chi connectivity index (χ3n) is 2.26. The molecule has 0 atom stereocenters. The zero-order valence-electron chi connectivity index (χ0n) is 9.10. The van der Waals surface area contributed by atoms with Crippen molar-refractivity contribution in [3.63, 3.8) is 0 Å². The second kappa shape index (κ2) is 4.62. The lowest BCUT2D eigenvalue weighted by molar-refractivity contribution is 0.0694. The number of hydrogen-bond donors (Lipinski definition) is 1. The molecule has 16 heavy (non-hydrogen) atoms. The summed E-state index contributed by atoms with van der Waals surface area (Å²) in [5.41, 5.74) is -0.267. The van der Waals surface area contributed by atoms with E-state index in [2.05, 4.69) is 0 Å². The Hall–Kier alpha value is -2.09. The molecule has 5 heteroatoms. The first-order valence-electron chi connectivity index (χ1n) is 4.83. The molecule has 0 amide bonds. The maximum atomic E-state index is 11.8. The van der Waals surface area contributed by atoms with Gasteiger partial charge in [0.05, 0.1) is 6.07 Å². The molecule has 0 aliphatic heterocycles. The number of carbonyl (C=O) groups is 1. The molecule has 0 saturated carbocycles. The summed E-state index contributed by atoms with van der Waals surface area (Å²) in [4.78, 5) is 22.5. The standard InChI is InChI=1S/C11H12N2O3/c1-7(2)9-4-3-8(11(15)16)10(14)13(9)6-5-12/h3-4,7H,6H2,1-2H3,(H,15,16). The van der Waals surface area contributed by atoms with E-state index in [0.29, 0.717) is 5.69 Å². The van der Waals surface area contributed by atoms with Crippen LogP contribution in [0, 0.1) is 11.3 Å². The quantitative estimate of drug-likeness (QED) is 0.829. The zero-order valence-corrected chi connectivity index (χ0v) is 9.10. The summed E-state index contributed by atoms with van der Waals surface area (Å²) in [5, 5.41) is 17.4. The van der Waals surface area contributed by atoms with Crippen LogP contribution in [0.1, 0.15) is 35.8 Å². The molecule has 1 aromatic rings. The molecular weight excluding hydrogens is 208 g/mol. The van der Waals surface area contributed by atoms with Crippen molar-refractivity contribution in [1.82, 2.24) is 4.57 Å². The van der Waals surface area contributed by atoms with Gasteiger partial charge in [0.15, 0.2) is 0 Å². The first-order valence-corrected chi connectivity index (χ1v) is 4.83. The van der Waals surface area contributed by atoms with Gasteiger partial charge in [0.2, 0.25) is 0 Å². The normalized spacial score (nSPS) is 10.1. The predicted octanol–water partition coefficient (Wildman–Crippen LogP) is 1.19. The van der Waals surface area contributed by atoms with Gasteiger partial charge in [0.1, 0.15) is 12.1 Å². The van der Waals surface area contributed by atoms with E-state index in [1.807, 2.05) is 19.9 Å². The lowest BCUT2D eigenvalue weighted by Crippen LogP contribution is -2.28. The number of nitrogens with zero attached hydrogens (tertiary/aromatic N) is 2. The molecule has 0 saturated heterocycles. The van der Waals surface area contributed by atoms with Crippen LogP contribution in [0.15, 0.2) is 16.9 Å². The van der Waals surface area contributed by atoms with E-state index in [1.165, 1.54) is 10.6 Å². The van der Waals surface area contributed by atoms with Gasteiger partial charge >= 0.3 is 5.97 Å². The highest BCUT2D eigenvalue weighted by Crippen LogP contribution is 2.12. The van der Waals surface area contributed by atoms with Gasteiger partial charge in [0, 0.05) is 5.69 Å². The van der Waals surface area contributed by atoms with Crippen molar-refractivity contribution in [3.05, 3.63) is 33.7 Å². The fourth-order valence-electron chi connectivity index (χ4n) is 1.49. The first-order chi connectivity index (χ1) is 7.49. The molecule has 0 fully saturated rings. The Morgan fingerprint density at radius 1 is 1.56 bits per heavy atom. The third-order valence-corrected chi connectivity index (χ3v) is 2.26. The van der Waals surface area contributed by atoms with E-state index in [-0.39, 0.29) is 18.0 Å². The second-order valence-electron chi connectivity index (χ2n) is 3.68. The van der Waals surface area contributed by atoms with Crippen LogP contribution in [0.2, 0.25) is 0 Å². The molecule has 84 valence electrons. The van der Waals surface area contributed by atoms with Crippen LogP contribution < -0.4 is 5.56 Å². The topological polar surface area (TPSA) is 83.1 Å². The summed E-state index contributed by atoms with van der Waals surface area (Å²) in [7, 11) is 0. The van der Waals surface area contributed by atoms with Gasteiger partial charge in [0.25, 0.3) is 5.56 Å². The molecule has 1 aromatic heterocycles. The predicted molar refractivity (Wildman–Crippen MR) is 57.4 cm³/mol. The average Bonchev–Trinajstić information content (AvgIpc) is 2.20. The molecule has 0 aliphatic carbocycles. The second-order valence-corrected chi connectivity index (χ2v) is 3.68. The fourth-order valence-corrected chi connectivity index (χ4v) is 1.49. The third kappa shape index (κ3) is 2.11. The van der Waals surface area contributed by atoms with Gasteiger partial charge in [-0.1, -0.05) is 13.8 Å². The number of aromatic nitrogens is 1. The Balaban J connectivity index is 3.49. The van der Waals surface area contributed by atoms with Crippen molar-refractivity contribution in [3.8, 4) is 6.07 Å². The largest absolute Gasteiger partial charge is 0.477 e. The Bertz CT molecular complexity index is 509. The lowest BCUT2D eigenvalue weighted by Gasteiger charge is -2.13. The van der Waals surface area contributed by atoms with E-state index in [9.17, 15) is 9.59 Å². The highest BCUT2D eigenvalue weighted by molar-refractivity contribution is 5.87. The lowest BCUT2D eigenvalue weighted by atomic mass is 10.1. The number of hydrogen-bond acceptors (Lipinski definition) is 3. The van der Waals surface area contributed by atoms with Crippen LogP contribution in [-0.4, -0.2) is 15.6 Å². The molecule has 5 nitrogen and oxygen atoms in total. The number of carboxylic acid groups (broad SMARTS) is 1. The van der Waals surface area contributed by atoms with Gasteiger partial charge in [-0.2, -0.15) is 5.26 Å². The van der Waals surface area contributed by atoms with Gasteiger partial charge in [-0.3, -0.25) is 9.36 Å². The molecule has 1 heterocycles. The van der Waals surface area contributed by atoms with Crippen LogP contribution in [-0.2, 0) is 6.54 Å². The molecule has 0 radical (unpaired) electrons. The Morgan fingerprint density at radius 3 is 2.62 bits per heavy atom. The van der Waals surface area contributed by atoms with Crippen molar-refractivity contribution < 1.29 is 9.90 Å². The van der Waals surface area contributed by atoms with Crippen LogP contribution in [0.3, 0.4) is 0 Å². The molecular formula is C11H12N2O3. The minimum absolute atomic E-state index is 0.0592. The monoisotopic (exact) mass is 220 g/mol. The molecule has 0 aliphatic rings. The van der Waals surface area contributed by atoms with Gasteiger partial charge in [-0.05, 0) is 18.1 Å². The van der Waals surface area contributed by atoms with E-state index < -0.39 is 11.5 Å². The van der Waals surface area contributed by atoms with Gasteiger partial charge < -0.3 is 5.11 Å².